The second-order valence-corrected chi connectivity index (χ2v) is 10.7. The van der Waals surface area contributed by atoms with Crippen molar-refractivity contribution in [3.63, 3.8) is 0 Å². The molecule has 0 radical (unpaired) electrons. The molecule has 7 heteroatoms. The number of carbonyl (C=O) groups excluding carboxylic acids is 1. The minimum Gasteiger partial charge on any atom is -0.492 e. The summed E-state index contributed by atoms with van der Waals surface area (Å²) in [5.41, 5.74) is 9.66. The first-order valence-electron chi connectivity index (χ1n) is 12.0. The number of hydrogen-bond donors (Lipinski definition) is 1. The van der Waals surface area contributed by atoms with E-state index in [0.717, 1.165) is 27.8 Å². The van der Waals surface area contributed by atoms with Crippen LogP contribution >= 0.6 is 11.6 Å². The number of fused-ring (bicyclic) bond motifs is 1. The van der Waals surface area contributed by atoms with Crippen LogP contribution in [0.15, 0.2) is 71.4 Å². The average Bonchev–Trinajstić information content (AvgIpc) is 3.18. The number of halogens is 1. The van der Waals surface area contributed by atoms with Crippen LogP contribution < -0.4 is 10.5 Å². The molecule has 2 N–H and O–H groups in total. The SMILES string of the molecule is Cc1cc(OCCn2cc(C3C(C#N)=C(N)OC4=C3C(=O)CC(C)(C)C4)c3ccccc32)ccc1Cl. The summed E-state index contributed by atoms with van der Waals surface area (Å²) >= 11 is 6.13. The van der Waals surface area contributed by atoms with Gasteiger partial charge in [-0.05, 0) is 47.7 Å². The summed E-state index contributed by atoms with van der Waals surface area (Å²) < 4.78 is 14.0. The van der Waals surface area contributed by atoms with Gasteiger partial charge in [0.25, 0.3) is 0 Å². The number of carbonyl (C=O) groups is 1. The molecule has 3 aromatic rings. The van der Waals surface area contributed by atoms with Gasteiger partial charge in [0.1, 0.15) is 29.8 Å². The maximum atomic E-state index is 13.4. The molecule has 1 aliphatic carbocycles. The first-order valence-corrected chi connectivity index (χ1v) is 12.4. The molecule has 0 amide bonds. The van der Waals surface area contributed by atoms with E-state index in [-0.39, 0.29) is 22.7 Å². The lowest BCUT2D eigenvalue weighted by atomic mass is 9.70. The molecule has 1 aromatic heterocycles. The van der Waals surface area contributed by atoms with Gasteiger partial charge in [-0.25, -0.2) is 0 Å². The second kappa shape index (κ2) is 9.07. The number of aryl methyl sites for hydroxylation is 1. The first-order chi connectivity index (χ1) is 17.2. The minimum atomic E-state index is -0.562. The standard InChI is InChI=1S/C29H28ClN3O3/c1-17-12-18(8-9-22(17)30)35-11-10-33-16-21(19-6-4-5-7-23(19)33)26-20(15-31)28(32)36-25-14-29(2,3)13-24(34)27(25)26/h4-9,12,16,26H,10-11,13-14,32H2,1-3H3. The van der Waals surface area contributed by atoms with Gasteiger partial charge in [0.2, 0.25) is 5.88 Å². The summed E-state index contributed by atoms with van der Waals surface area (Å²) in [4.78, 5) is 13.4. The van der Waals surface area contributed by atoms with Crippen molar-refractivity contribution in [3.8, 4) is 11.8 Å². The van der Waals surface area contributed by atoms with E-state index in [2.05, 4.69) is 10.6 Å². The third-order valence-corrected chi connectivity index (χ3v) is 7.36. The third-order valence-electron chi connectivity index (χ3n) is 6.94. The molecule has 1 atom stereocenters. The fourth-order valence-electron chi connectivity index (χ4n) is 5.25. The van der Waals surface area contributed by atoms with Crippen LogP contribution in [0.4, 0.5) is 0 Å². The van der Waals surface area contributed by atoms with Crippen LogP contribution in [-0.2, 0) is 16.1 Å². The van der Waals surface area contributed by atoms with Crippen molar-refractivity contribution in [2.24, 2.45) is 11.1 Å². The fraction of sp³-hybridized carbons (Fsp3) is 0.310. The van der Waals surface area contributed by atoms with E-state index < -0.39 is 5.92 Å². The van der Waals surface area contributed by atoms with Crippen LogP contribution in [0.3, 0.4) is 0 Å². The summed E-state index contributed by atoms with van der Waals surface area (Å²) in [5, 5.41) is 11.7. The number of ketones is 1. The predicted octanol–water partition coefficient (Wildman–Crippen LogP) is 6.13. The molecule has 0 saturated heterocycles. The van der Waals surface area contributed by atoms with E-state index in [1.54, 1.807) is 0 Å². The smallest absolute Gasteiger partial charge is 0.205 e. The average molecular weight is 502 g/mol. The van der Waals surface area contributed by atoms with Crippen LogP contribution in [0.5, 0.6) is 5.75 Å². The topological polar surface area (TPSA) is 90.3 Å². The normalized spacial score (nSPS) is 19.2. The Bertz CT molecular complexity index is 1490. The van der Waals surface area contributed by atoms with Gasteiger partial charge < -0.3 is 19.8 Å². The Morgan fingerprint density at radius 3 is 2.78 bits per heavy atom. The molecule has 184 valence electrons. The van der Waals surface area contributed by atoms with Crippen molar-refractivity contribution in [1.82, 2.24) is 4.57 Å². The van der Waals surface area contributed by atoms with Crippen LogP contribution in [-0.4, -0.2) is 17.0 Å². The maximum absolute atomic E-state index is 13.4. The van der Waals surface area contributed by atoms with E-state index in [1.165, 1.54) is 0 Å². The molecule has 0 saturated carbocycles. The Balaban J connectivity index is 1.53. The molecule has 2 aromatic carbocycles. The van der Waals surface area contributed by atoms with Gasteiger partial charge in [0.05, 0.1) is 12.5 Å². The van der Waals surface area contributed by atoms with Crippen LogP contribution in [0.1, 0.15) is 43.7 Å². The molecule has 2 heterocycles. The van der Waals surface area contributed by atoms with E-state index in [0.29, 0.717) is 42.3 Å². The van der Waals surface area contributed by atoms with Gasteiger partial charge in [-0.3, -0.25) is 4.79 Å². The summed E-state index contributed by atoms with van der Waals surface area (Å²) in [5.74, 6) is 0.852. The van der Waals surface area contributed by atoms with Crippen molar-refractivity contribution >= 4 is 28.3 Å². The third kappa shape index (κ3) is 4.25. The Morgan fingerprint density at radius 2 is 2.03 bits per heavy atom. The van der Waals surface area contributed by atoms with Crippen molar-refractivity contribution in [1.29, 1.82) is 5.26 Å². The lowest BCUT2D eigenvalue weighted by molar-refractivity contribution is -0.119. The Kier molecular flexibility index (Phi) is 6.05. The Labute approximate surface area is 215 Å². The van der Waals surface area contributed by atoms with Gasteiger partial charge >= 0.3 is 0 Å². The largest absolute Gasteiger partial charge is 0.492 e. The summed E-state index contributed by atoms with van der Waals surface area (Å²) in [6.07, 6.45) is 3.01. The minimum absolute atomic E-state index is 0.00442. The number of ether oxygens (including phenoxy) is 2. The van der Waals surface area contributed by atoms with E-state index in [9.17, 15) is 10.1 Å². The van der Waals surface area contributed by atoms with Gasteiger partial charge in [-0.2, -0.15) is 5.26 Å². The summed E-state index contributed by atoms with van der Waals surface area (Å²) in [6, 6.07) is 15.8. The molecule has 0 bridgehead atoms. The highest BCUT2D eigenvalue weighted by Gasteiger charge is 2.43. The molecular formula is C29H28ClN3O3. The molecule has 0 fully saturated rings. The molecular weight excluding hydrogens is 474 g/mol. The molecule has 5 rings (SSSR count). The van der Waals surface area contributed by atoms with Gasteiger partial charge in [-0.15, -0.1) is 0 Å². The van der Waals surface area contributed by atoms with Crippen molar-refractivity contribution in [2.75, 3.05) is 6.61 Å². The van der Waals surface area contributed by atoms with Gasteiger partial charge in [0, 0.05) is 40.5 Å². The zero-order chi connectivity index (χ0) is 25.6. The fourth-order valence-corrected chi connectivity index (χ4v) is 5.37. The van der Waals surface area contributed by atoms with Gasteiger partial charge in [0.15, 0.2) is 5.78 Å². The van der Waals surface area contributed by atoms with E-state index in [1.807, 2.05) is 69.4 Å². The number of Topliss-reactive ketones (excluding diaryl/α,β-unsaturated/α-hetero) is 1. The predicted molar refractivity (Wildman–Crippen MR) is 139 cm³/mol. The van der Waals surface area contributed by atoms with Crippen molar-refractivity contribution in [3.05, 3.63) is 87.6 Å². The summed E-state index contributed by atoms with van der Waals surface area (Å²) in [6.45, 7) is 7.05. The zero-order valence-corrected chi connectivity index (χ0v) is 21.4. The molecule has 1 aliphatic heterocycles. The number of para-hydroxylation sites is 1. The lowest BCUT2D eigenvalue weighted by Crippen LogP contribution is -2.33. The number of aromatic nitrogens is 1. The number of nitrogens with zero attached hydrogens (tertiary/aromatic N) is 2. The quantitative estimate of drug-likeness (QED) is 0.454. The Hall–Kier alpha value is -3.69. The van der Waals surface area contributed by atoms with E-state index in [4.69, 9.17) is 26.8 Å². The lowest BCUT2D eigenvalue weighted by Gasteiger charge is -2.37. The highest BCUT2D eigenvalue weighted by atomic mass is 35.5. The first kappa shape index (κ1) is 24.0. The maximum Gasteiger partial charge on any atom is 0.205 e. The number of hydrogen-bond acceptors (Lipinski definition) is 5. The molecule has 1 unspecified atom stereocenters. The summed E-state index contributed by atoms with van der Waals surface area (Å²) in [7, 11) is 0. The number of rotatable bonds is 5. The van der Waals surface area contributed by atoms with Crippen LogP contribution in [0, 0.1) is 23.7 Å². The monoisotopic (exact) mass is 501 g/mol. The van der Waals surface area contributed by atoms with Crippen LogP contribution in [0.25, 0.3) is 10.9 Å². The van der Waals surface area contributed by atoms with Crippen molar-refractivity contribution in [2.45, 2.75) is 46.1 Å². The number of nitriles is 1. The Morgan fingerprint density at radius 1 is 1.25 bits per heavy atom. The van der Waals surface area contributed by atoms with Crippen LogP contribution in [0.2, 0.25) is 5.02 Å². The second-order valence-electron chi connectivity index (χ2n) is 10.3. The number of benzene rings is 2. The van der Waals surface area contributed by atoms with E-state index >= 15 is 0 Å². The number of nitrogens with two attached hydrogens (primary N) is 1. The number of allylic oxidation sites excluding steroid dienone is 3. The highest BCUT2D eigenvalue weighted by molar-refractivity contribution is 6.31. The molecule has 6 nitrogen and oxygen atoms in total. The zero-order valence-electron chi connectivity index (χ0n) is 20.6. The molecule has 36 heavy (non-hydrogen) atoms. The molecule has 0 spiro atoms. The van der Waals surface area contributed by atoms with Crippen molar-refractivity contribution < 1.29 is 14.3 Å². The molecule has 2 aliphatic rings. The van der Waals surface area contributed by atoms with Gasteiger partial charge in [-0.1, -0.05) is 43.6 Å². The highest BCUT2D eigenvalue weighted by Crippen LogP contribution is 2.49.